The largest absolute Gasteiger partial charge is 0.497 e. The van der Waals surface area contributed by atoms with Crippen LogP contribution in [0.25, 0.3) is 0 Å². The smallest absolute Gasteiger partial charge is 0.211 e. The van der Waals surface area contributed by atoms with Gasteiger partial charge in [0, 0.05) is 18.2 Å². The Morgan fingerprint density at radius 1 is 1.22 bits per heavy atom. The van der Waals surface area contributed by atoms with E-state index >= 15 is 0 Å². The minimum atomic E-state index is -3.21. The second kappa shape index (κ2) is 6.61. The molecule has 0 aliphatic rings. The first kappa shape index (κ1) is 14.8. The molecule has 18 heavy (non-hydrogen) atoms. The molecule has 0 atom stereocenters. The van der Waals surface area contributed by atoms with E-state index in [0.717, 1.165) is 5.56 Å². The van der Waals surface area contributed by atoms with Crippen molar-refractivity contribution in [1.29, 1.82) is 0 Å². The molecule has 0 fully saturated rings. The average molecular weight is 273 g/mol. The SMILES string of the molecule is CCCS(=O)(=O)NCc1ccc(OC)cc1OC. The lowest BCUT2D eigenvalue weighted by Gasteiger charge is -2.11. The van der Waals surface area contributed by atoms with Crippen LogP contribution >= 0.6 is 0 Å². The molecule has 6 heteroatoms. The molecule has 1 aromatic carbocycles. The van der Waals surface area contributed by atoms with E-state index < -0.39 is 10.0 Å². The van der Waals surface area contributed by atoms with E-state index in [0.29, 0.717) is 17.9 Å². The van der Waals surface area contributed by atoms with Gasteiger partial charge in [0.2, 0.25) is 10.0 Å². The maximum Gasteiger partial charge on any atom is 0.211 e. The summed E-state index contributed by atoms with van der Waals surface area (Å²) in [5.74, 6) is 1.41. The van der Waals surface area contributed by atoms with E-state index in [9.17, 15) is 8.42 Å². The summed E-state index contributed by atoms with van der Waals surface area (Å²) in [6, 6.07) is 5.28. The van der Waals surface area contributed by atoms with Gasteiger partial charge in [0.25, 0.3) is 0 Å². The fraction of sp³-hybridized carbons (Fsp3) is 0.500. The van der Waals surface area contributed by atoms with Gasteiger partial charge in [-0.15, -0.1) is 0 Å². The van der Waals surface area contributed by atoms with E-state index in [1.807, 2.05) is 6.92 Å². The molecule has 0 spiro atoms. The van der Waals surface area contributed by atoms with E-state index in [1.54, 1.807) is 32.4 Å². The van der Waals surface area contributed by atoms with Crippen LogP contribution in [-0.2, 0) is 16.6 Å². The van der Waals surface area contributed by atoms with Crippen LogP contribution in [0.4, 0.5) is 0 Å². The number of hydrogen-bond donors (Lipinski definition) is 1. The molecule has 0 bridgehead atoms. The predicted molar refractivity (Wildman–Crippen MR) is 70.5 cm³/mol. The van der Waals surface area contributed by atoms with E-state index in [-0.39, 0.29) is 12.3 Å². The Bertz CT molecular complexity index is 485. The highest BCUT2D eigenvalue weighted by Gasteiger charge is 2.11. The third-order valence-corrected chi connectivity index (χ3v) is 3.98. The standard InChI is InChI=1S/C12H19NO4S/c1-4-7-18(14,15)13-9-10-5-6-11(16-2)8-12(10)17-3/h5-6,8,13H,4,7,9H2,1-3H3. The second-order valence-corrected chi connectivity index (χ2v) is 5.74. The molecule has 0 radical (unpaired) electrons. The zero-order valence-electron chi connectivity index (χ0n) is 10.9. The minimum Gasteiger partial charge on any atom is -0.497 e. The van der Waals surface area contributed by atoms with E-state index in [2.05, 4.69) is 4.72 Å². The molecule has 0 aliphatic carbocycles. The number of hydrogen-bond acceptors (Lipinski definition) is 4. The van der Waals surface area contributed by atoms with Gasteiger partial charge in [-0.25, -0.2) is 13.1 Å². The highest BCUT2D eigenvalue weighted by molar-refractivity contribution is 7.89. The van der Waals surface area contributed by atoms with Gasteiger partial charge in [-0.05, 0) is 12.5 Å². The molecule has 0 saturated heterocycles. The van der Waals surface area contributed by atoms with Crippen LogP contribution in [0.3, 0.4) is 0 Å². The molecule has 0 aliphatic heterocycles. The molecule has 0 amide bonds. The first-order valence-corrected chi connectivity index (χ1v) is 7.36. The molecule has 0 aromatic heterocycles. The summed E-state index contributed by atoms with van der Waals surface area (Å²) in [4.78, 5) is 0. The lowest BCUT2D eigenvalue weighted by Crippen LogP contribution is -2.25. The summed E-state index contributed by atoms with van der Waals surface area (Å²) < 4.78 is 35.9. The Balaban J connectivity index is 2.79. The van der Waals surface area contributed by atoms with Crippen molar-refractivity contribution in [2.24, 2.45) is 0 Å². The van der Waals surface area contributed by atoms with Gasteiger partial charge >= 0.3 is 0 Å². The van der Waals surface area contributed by atoms with Gasteiger partial charge in [0.1, 0.15) is 11.5 Å². The van der Waals surface area contributed by atoms with Gasteiger partial charge in [0.15, 0.2) is 0 Å². The Labute approximate surface area is 108 Å². The Morgan fingerprint density at radius 2 is 1.94 bits per heavy atom. The summed E-state index contributed by atoms with van der Waals surface area (Å²) in [6.45, 7) is 2.04. The molecule has 0 unspecified atom stereocenters. The fourth-order valence-corrected chi connectivity index (χ4v) is 2.58. The van der Waals surface area contributed by atoms with Gasteiger partial charge in [0.05, 0.1) is 20.0 Å². The average Bonchev–Trinajstić information content (AvgIpc) is 2.36. The number of methoxy groups -OCH3 is 2. The van der Waals surface area contributed by atoms with Crippen LogP contribution in [0.2, 0.25) is 0 Å². The van der Waals surface area contributed by atoms with Crippen LogP contribution in [0.5, 0.6) is 11.5 Å². The van der Waals surface area contributed by atoms with E-state index in [1.165, 1.54) is 0 Å². The molecule has 0 saturated carbocycles. The first-order chi connectivity index (χ1) is 8.52. The summed E-state index contributed by atoms with van der Waals surface area (Å²) in [6.07, 6.45) is 0.592. The van der Waals surface area contributed by atoms with Crippen molar-refractivity contribution in [2.75, 3.05) is 20.0 Å². The van der Waals surface area contributed by atoms with Crippen molar-refractivity contribution >= 4 is 10.0 Å². The number of nitrogens with one attached hydrogen (secondary N) is 1. The predicted octanol–water partition coefficient (Wildman–Crippen LogP) is 1.53. The van der Waals surface area contributed by atoms with Crippen LogP contribution < -0.4 is 14.2 Å². The summed E-state index contributed by atoms with van der Waals surface area (Å²) >= 11 is 0. The van der Waals surface area contributed by atoms with Crippen LogP contribution in [0, 0.1) is 0 Å². The highest BCUT2D eigenvalue weighted by atomic mass is 32.2. The molecule has 1 N–H and O–H groups in total. The zero-order chi connectivity index (χ0) is 13.6. The van der Waals surface area contributed by atoms with E-state index in [4.69, 9.17) is 9.47 Å². The van der Waals surface area contributed by atoms with Crippen LogP contribution in [0.1, 0.15) is 18.9 Å². The number of sulfonamides is 1. The lowest BCUT2D eigenvalue weighted by atomic mass is 10.2. The minimum absolute atomic E-state index is 0.130. The number of ether oxygens (including phenoxy) is 2. The second-order valence-electron chi connectivity index (χ2n) is 3.82. The first-order valence-electron chi connectivity index (χ1n) is 5.70. The van der Waals surface area contributed by atoms with Gasteiger partial charge < -0.3 is 9.47 Å². The number of rotatable bonds is 7. The molecule has 5 nitrogen and oxygen atoms in total. The molecule has 102 valence electrons. The normalized spacial score (nSPS) is 11.3. The van der Waals surface area contributed by atoms with Crippen molar-refractivity contribution in [3.8, 4) is 11.5 Å². The van der Waals surface area contributed by atoms with Crippen molar-refractivity contribution in [3.63, 3.8) is 0 Å². The highest BCUT2D eigenvalue weighted by Crippen LogP contribution is 2.24. The Morgan fingerprint density at radius 3 is 2.50 bits per heavy atom. The van der Waals surface area contributed by atoms with Gasteiger partial charge in [-0.2, -0.15) is 0 Å². The summed E-state index contributed by atoms with van der Waals surface area (Å²) in [7, 11) is -0.0990. The van der Waals surface area contributed by atoms with Crippen molar-refractivity contribution in [2.45, 2.75) is 19.9 Å². The molecular weight excluding hydrogens is 254 g/mol. The maximum absolute atomic E-state index is 11.5. The molecular formula is C12H19NO4S. The summed E-state index contributed by atoms with van der Waals surface area (Å²) in [5.41, 5.74) is 0.776. The quantitative estimate of drug-likeness (QED) is 0.818. The Kier molecular flexibility index (Phi) is 5.43. The fourth-order valence-electron chi connectivity index (χ4n) is 1.53. The lowest BCUT2D eigenvalue weighted by molar-refractivity contribution is 0.390. The molecule has 1 aromatic rings. The molecule has 1 rings (SSSR count). The third kappa shape index (κ3) is 4.19. The van der Waals surface area contributed by atoms with Gasteiger partial charge in [-0.1, -0.05) is 13.0 Å². The van der Waals surface area contributed by atoms with Gasteiger partial charge in [-0.3, -0.25) is 0 Å². The van der Waals surface area contributed by atoms with Crippen LogP contribution in [-0.4, -0.2) is 28.4 Å². The third-order valence-electron chi connectivity index (χ3n) is 2.45. The van der Waals surface area contributed by atoms with Crippen molar-refractivity contribution in [3.05, 3.63) is 23.8 Å². The van der Waals surface area contributed by atoms with Crippen molar-refractivity contribution in [1.82, 2.24) is 4.72 Å². The Hall–Kier alpha value is -1.27. The number of benzene rings is 1. The topological polar surface area (TPSA) is 64.6 Å². The van der Waals surface area contributed by atoms with Crippen LogP contribution in [0.15, 0.2) is 18.2 Å². The molecule has 0 heterocycles. The van der Waals surface area contributed by atoms with Crippen molar-refractivity contribution < 1.29 is 17.9 Å². The maximum atomic E-state index is 11.5. The summed E-state index contributed by atoms with van der Waals surface area (Å²) in [5, 5.41) is 0. The monoisotopic (exact) mass is 273 g/mol. The zero-order valence-corrected chi connectivity index (χ0v) is 11.7.